The number of aliphatic hydroxyl groups excluding tert-OH is 2. The molecule has 3 heteroatoms. The minimum atomic E-state index is -0.676. The second-order valence-electron chi connectivity index (χ2n) is 1.28. The van der Waals surface area contributed by atoms with E-state index in [0.29, 0.717) is 0 Å². The van der Waals surface area contributed by atoms with Gasteiger partial charge in [0.2, 0.25) is 0 Å². The number of hydrogen-bond acceptors (Lipinski definition) is 2. The third kappa shape index (κ3) is 5.95. The van der Waals surface area contributed by atoms with Crippen LogP contribution in [0.25, 0.3) is 0 Å². The van der Waals surface area contributed by atoms with Crippen LogP contribution in [-0.4, -0.2) is 22.9 Å². The lowest BCUT2D eigenvalue weighted by Crippen LogP contribution is -2.06. The second-order valence-corrected chi connectivity index (χ2v) is 1.28. The van der Waals surface area contributed by atoms with Gasteiger partial charge in [-0.25, -0.2) is 0 Å². The smallest absolute Gasteiger partial charge is 0.0951 e. The first-order chi connectivity index (χ1) is 3.31. The molecule has 1 unspecified atom stereocenters. The summed E-state index contributed by atoms with van der Waals surface area (Å²) in [5.74, 6) is 0. The lowest BCUT2D eigenvalue weighted by molar-refractivity contribution is 0.131. The molecule has 0 amide bonds. The van der Waals surface area contributed by atoms with Crippen molar-refractivity contribution in [2.24, 2.45) is 0 Å². The van der Waals surface area contributed by atoms with Crippen molar-refractivity contribution in [2.45, 2.75) is 13.0 Å². The molecule has 0 bridgehead atoms. The number of allylic oxidation sites excluding steroid dienone is 1. The van der Waals surface area contributed by atoms with E-state index in [1.807, 2.05) is 0 Å². The standard InChI is InChI=1S/C5H10O2.ClH/c1-2-3-5(7)4-6;/h2-3,5-7H,4H2,1H3;1H. The van der Waals surface area contributed by atoms with Crippen LogP contribution in [-0.2, 0) is 0 Å². The van der Waals surface area contributed by atoms with Crippen LogP contribution in [0.15, 0.2) is 12.2 Å². The van der Waals surface area contributed by atoms with Crippen molar-refractivity contribution < 1.29 is 10.2 Å². The van der Waals surface area contributed by atoms with Gasteiger partial charge >= 0.3 is 0 Å². The van der Waals surface area contributed by atoms with Crippen molar-refractivity contribution in [3.8, 4) is 0 Å². The molecule has 1 atom stereocenters. The Morgan fingerprint density at radius 1 is 1.62 bits per heavy atom. The van der Waals surface area contributed by atoms with Crippen LogP contribution >= 0.6 is 12.4 Å². The van der Waals surface area contributed by atoms with E-state index in [0.717, 1.165) is 0 Å². The SMILES string of the molecule is CC=CC(O)CO.Cl. The quantitative estimate of drug-likeness (QED) is 0.541. The van der Waals surface area contributed by atoms with Gasteiger partial charge < -0.3 is 10.2 Å². The molecule has 0 aliphatic heterocycles. The van der Waals surface area contributed by atoms with Gasteiger partial charge in [-0.1, -0.05) is 12.2 Å². The molecule has 0 saturated carbocycles. The van der Waals surface area contributed by atoms with Crippen molar-refractivity contribution in [3.63, 3.8) is 0 Å². The Balaban J connectivity index is 0. The van der Waals surface area contributed by atoms with Gasteiger partial charge in [0.05, 0.1) is 12.7 Å². The van der Waals surface area contributed by atoms with Crippen molar-refractivity contribution in [1.29, 1.82) is 0 Å². The molecule has 0 aliphatic carbocycles. The van der Waals surface area contributed by atoms with Gasteiger partial charge in [-0.2, -0.15) is 0 Å². The Bertz CT molecular complexity index is 63.4. The summed E-state index contributed by atoms with van der Waals surface area (Å²) in [4.78, 5) is 0. The van der Waals surface area contributed by atoms with Gasteiger partial charge in [0.15, 0.2) is 0 Å². The van der Waals surface area contributed by atoms with Gasteiger partial charge in [0, 0.05) is 0 Å². The highest BCUT2D eigenvalue weighted by Gasteiger charge is 1.89. The summed E-state index contributed by atoms with van der Waals surface area (Å²) in [6.45, 7) is 1.60. The van der Waals surface area contributed by atoms with Crippen LogP contribution in [0, 0.1) is 0 Å². The summed E-state index contributed by atoms with van der Waals surface area (Å²) < 4.78 is 0. The summed E-state index contributed by atoms with van der Waals surface area (Å²) in [6, 6.07) is 0. The average Bonchev–Trinajstić information content (AvgIpc) is 1.68. The largest absolute Gasteiger partial charge is 0.393 e. The molecule has 0 aliphatic rings. The zero-order valence-electron chi connectivity index (χ0n) is 4.74. The maximum atomic E-state index is 8.52. The van der Waals surface area contributed by atoms with Gasteiger partial charge in [-0.3, -0.25) is 0 Å². The minimum absolute atomic E-state index is 0. The highest BCUT2D eigenvalue weighted by atomic mass is 35.5. The Morgan fingerprint density at radius 2 is 2.12 bits per heavy atom. The van der Waals surface area contributed by atoms with E-state index in [1.54, 1.807) is 13.0 Å². The molecular formula is C5H11ClO2. The van der Waals surface area contributed by atoms with Gasteiger partial charge in [0.1, 0.15) is 0 Å². The third-order valence-electron chi connectivity index (χ3n) is 0.602. The molecule has 2 N–H and O–H groups in total. The molecule has 2 nitrogen and oxygen atoms in total. The minimum Gasteiger partial charge on any atom is -0.393 e. The van der Waals surface area contributed by atoms with Crippen molar-refractivity contribution in [2.75, 3.05) is 6.61 Å². The molecule has 0 aromatic carbocycles. The van der Waals surface area contributed by atoms with Crippen LogP contribution in [0.5, 0.6) is 0 Å². The van der Waals surface area contributed by atoms with Crippen molar-refractivity contribution in [3.05, 3.63) is 12.2 Å². The molecule has 0 aromatic heterocycles. The van der Waals surface area contributed by atoms with Crippen LogP contribution in [0.3, 0.4) is 0 Å². The zero-order valence-corrected chi connectivity index (χ0v) is 5.56. The lowest BCUT2D eigenvalue weighted by atomic mass is 10.3. The Labute approximate surface area is 55.3 Å². The first kappa shape index (κ1) is 10.8. The zero-order chi connectivity index (χ0) is 5.70. The van der Waals surface area contributed by atoms with E-state index in [1.165, 1.54) is 6.08 Å². The molecule has 0 radical (unpaired) electrons. The maximum Gasteiger partial charge on any atom is 0.0951 e. The fourth-order valence-corrected chi connectivity index (χ4v) is 0.283. The molecule has 0 heterocycles. The van der Waals surface area contributed by atoms with E-state index < -0.39 is 6.10 Å². The van der Waals surface area contributed by atoms with E-state index in [9.17, 15) is 0 Å². The normalized spacial score (nSPS) is 13.4. The Hall–Kier alpha value is -0.0500. The highest BCUT2D eigenvalue weighted by molar-refractivity contribution is 5.85. The molecule has 0 aromatic rings. The molecular weight excluding hydrogens is 128 g/mol. The maximum absolute atomic E-state index is 8.52. The fraction of sp³-hybridized carbons (Fsp3) is 0.600. The van der Waals surface area contributed by atoms with Crippen molar-refractivity contribution >= 4 is 12.4 Å². The van der Waals surface area contributed by atoms with Crippen molar-refractivity contribution in [1.82, 2.24) is 0 Å². The van der Waals surface area contributed by atoms with Gasteiger partial charge in [-0.05, 0) is 6.92 Å². The third-order valence-corrected chi connectivity index (χ3v) is 0.602. The summed E-state index contributed by atoms with van der Waals surface area (Å²) in [6.07, 6.45) is 2.55. The number of halogens is 1. The van der Waals surface area contributed by atoms with E-state index >= 15 is 0 Å². The van der Waals surface area contributed by atoms with E-state index in [-0.39, 0.29) is 19.0 Å². The van der Waals surface area contributed by atoms with E-state index in [4.69, 9.17) is 10.2 Å². The molecule has 0 rings (SSSR count). The molecule has 0 fully saturated rings. The highest BCUT2D eigenvalue weighted by Crippen LogP contribution is 1.80. The van der Waals surface area contributed by atoms with Crippen LogP contribution < -0.4 is 0 Å². The Morgan fingerprint density at radius 3 is 2.25 bits per heavy atom. The second kappa shape index (κ2) is 6.95. The van der Waals surface area contributed by atoms with E-state index in [2.05, 4.69) is 0 Å². The molecule has 50 valence electrons. The van der Waals surface area contributed by atoms with Gasteiger partial charge in [0.25, 0.3) is 0 Å². The topological polar surface area (TPSA) is 40.5 Å². The molecule has 0 spiro atoms. The first-order valence-electron chi connectivity index (χ1n) is 2.23. The van der Waals surface area contributed by atoms with Crippen LogP contribution in [0.2, 0.25) is 0 Å². The Kier molecular flexibility index (Phi) is 9.42. The van der Waals surface area contributed by atoms with Crippen LogP contribution in [0.1, 0.15) is 6.92 Å². The number of hydrogen-bond donors (Lipinski definition) is 2. The summed E-state index contributed by atoms with van der Waals surface area (Å²) in [5.41, 5.74) is 0. The van der Waals surface area contributed by atoms with Gasteiger partial charge in [-0.15, -0.1) is 12.4 Å². The molecule has 8 heavy (non-hydrogen) atoms. The molecule has 0 saturated heterocycles. The van der Waals surface area contributed by atoms with Crippen LogP contribution in [0.4, 0.5) is 0 Å². The predicted molar refractivity (Wildman–Crippen MR) is 35.2 cm³/mol. The predicted octanol–water partition coefficient (Wildman–Crippen LogP) is 0.337. The fourth-order valence-electron chi connectivity index (χ4n) is 0.283. The number of rotatable bonds is 2. The monoisotopic (exact) mass is 138 g/mol. The number of aliphatic hydroxyl groups is 2. The first-order valence-corrected chi connectivity index (χ1v) is 2.23. The summed E-state index contributed by atoms with van der Waals surface area (Å²) in [5, 5.41) is 16.7. The summed E-state index contributed by atoms with van der Waals surface area (Å²) >= 11 is 0. The average molecular weight is 139 g/mol. The lowest BCUT2D eigenvalue weighted by Gasteiger charge is -1.94. The summed E-state index contributed by atoms with van der Waals surface area (Å²) in [7, 11) is 0.